The van der Waals surface area contributed by atoms with Crippen LogP contribution < -0.4 is 0 Å². The fourth-order valence-corrected chi connectivity index (χ4v) is 6.66. The van der Waals surface area contributed by atoms with Gasteiger partial charge in [-0.05, 0) is 73.6 Å². The van der Waals surface area contributed by atoms with Crippen molar-refractivity contribution in [2.75, 3.05) is 0 Å². The normalized spacial score (nSPS) is 12.1. The van der Waals surface area contributed by atoms with Gasteiger partial charge in [0.15, 0.2) is 5.78 Å². The molecular formula is C45H56IrNO3-. The summed E-state index contributed by atoms with van der Waals surface area (Å²) in [5.41, 5.74) is 7.93. The van der Waals surface area contributed by atoms with Crippen molar-refractivity contribution in [3.63, 3.8) is 0 Å². The molecule has 0 spiro atoms. The maximum atomic E-state index is 11.7. The van der Waals surface area contributed by atoms with Gasteiger partial charge in [-0.1, -0.05) is 110 Å². The monoisotopic (exact) mass is 851 g/mol. The molecule has 2 heterocycles. The molecule has 4 nitrogen and oxygen atoms in total. The molecule has 0 atom stereocenters. The Bertz CT molecular complexity index is 1900. The summed E-state index contributed by atoms with van der Waals surface area (Å²) in [4.78, 5) is 16.5. The number of aryl methyl sites for hydroxylation is 1. The number of hydrogen-bond donors (Lipinski definition) is 1. The molecule has 0 saturated heterocycles. The average molecular weight is 851 g/mol. The Morgan fingerprint density at radius 3 is 2.18 bits per heavy atom. The van der Waals surface area contributed by atoms with Crippen molar-refractivity contribution in [1.82, 2.24) is 4.98 Å². The molecule has 5 heteroatoms. The van der Waals surface area contributed by atoms with Crippen molar-refractivity contribution < 1.29 is 34.4 Å². The number of hydrogen-bond acceptors (Lipinski definition) is 4. The number of carbonyl (C=O) groups is 1. The number of rotatable bonds is 11. The van der Waals surface area contributed by atoms with Crippen molar-refractivity contribution >= 4 is 27.5 Å². The van der Waals surface area contributed by atoms with Gasteiger partial charge in [0.2, 0.25) is 0 Å². The molecule has 0 bridgehead atoms. The number of furan rings is 1. The summed E-state index contributed by atoms with van der Waals surface area (Å²) in [7, 11) is 0. The molecule has 1 N–H and O–H groups in total. The van der Waals surface area contributed by atoms with E-state index in [2.05, 4.69) is 102 Å². The number of pyridine rings is 1. The Hall–Kier alpha value is -3.53. The second-order valence-corrected chi connectivity index (χ2v) is 14.9. The van der Waals surface area contributed by atoms with Crippen LogP contribution in [0.1, 0.15) is 111 Å². The van der Waals surface area contributed by atoms with Crippen LogP contribution in [0, 0.1) is 30.2 Å². The number of fused-ring (bicyclic) bond motifs is 2. The van der Waals surface area contributed by atoms with Crippen LogP contribution >= 0.6 is 0 Å². The van der Waals surface area contributed by atoms with Crippen LogP contribution in [-0.2, 0) is 31.3 Å². The van der Waals surface area contributed by atoms with Gasteiger partial charge in [0, 0.05) is 60.9 Å². The zero-order valence-corrected chi connectivity index (χ0v) is 34.1. The van der Waals surface area contributed by atoms with Crippen LogP contribution in [0.15, 0.2) is 83.1 Å². The van der Waals surface area contributed by atoms with Gasteiger partial charge >= 0.3 is 0 Å². The molecule has 3 aromatic carbocycles. The number of allylic oxidation sites excluding steroid dienone is 2. The van der Waals surface area contributed by atoms with E-state index < -0.39 is 0 Å². The van der Waals surface area contributed by atoms with Crippen molar-refractivity contribution in [1.29, 1.82) is 0 Å². The first-order chi connectivity index (χ1) is 23.3. The van der Waals surface area contributed by atoms with Crippen LogP contribution in [0.3, 0.4) is 0 Å². The van der Waals surface area contributed by atoms with Crippen LogP contribution in [0.2, 0.25) is 0 Å². The molecular weight excluding hydrogens is 795 g/mol. The predicted octanol–water partition coefficient (Wildman–Crippen LogP) is 13.0. The number of aromatic nitrogens is 1. The first kappa shape index (κ1) is 40.9. The summed E-state index contributed by atoms with van der Waals surface area (Å²) >= 11 is 0. The van der Waals surface area contributed by atoms with Gasteiger partial charge < -0.3 is 9.52 Å². The van der Waals surface area contributed by atoms with Crippen LogP contribution in [0.5, 0.6) is 0 Å². The zero-order valence-electron chi connectivity index (χ0n) is 31.7. The number of benzene rings is 3. The van der Waals surface area contributed by atoms with E-state index in [0.717, 1.165) is 71.0 Å². The minimum atomic E-state index is 0. The molecule has 0 aliphatic heterocycles. The number of carbonyl (C=O) groups excluding carboxylic acids is 1. The van der Waals surface area contributed by atoms with Crippen molar-refractivity contribution in [2.45, 2.75) is 107 Å². The Balaban J connectivity index is 0.000000361. The van der Waals surface area contributed by atoms with E-state index in [0.29, 0.717) is 5.92 Å². The van der Waals surface area contributed by atoms with Gasteiger partial charge in [-0.25, -0.2) is 0 Å². The van der Waals surface area contributed by atoms with E-state index in [9.17, 15) is 9.90 Å². The third kappa shape index (κ3) is 10.0. The molecule has 0 amide bonds. The van der Waals surface area contributed by atoms with Crippen molar-refractivity contribution in [3.8, 4) is 22.6 Å². The number of aliphatic hydroxyl groups is 1. The summed E-state index contributed by atoms with van der Waals surface area (Å²) in [5, 5.41) is 13.2. The van der Waals surface area contributed by atoms with Gasteiger partial charge in [-0.15, -0.1) is 29.1 Å². The summed E-state index contributed by atoms with van der Waals surface area (Å²) in [6.45, 7) is 21.5. The van der Waals surface area contributed by atoms with E-state index in [1.807, 2.05) is 40.0 Å². The maximum Gasteiger partial charge on any atom is 0.162 e. The topological polar surface area (TPSA) is 63.3 Å². The molecule has 5 aromatic rings. The first-order valence-electron chi connectivity index (χ1n) is 18.2. The fourth-order valence-electron chi connectivity index (χ4n) is 6.66. The molecule has 1 radical (unpaired) electrons. The third-order valence-electron chi connectivity index (χ3n) is 9.49. The van der Waals surface area contributed by atoms with Gasteiger partial charge in [0.1, 0.15) is 11.3 Å². The van der Waals surface area contributed by atoms with Gasteiger partial charge in [-0.3, -0.25) is 9.78 Å². The smallest absolute Gasteiger partial charge is 0.162 e. The van der Waals surface area contributed by atoms with E-state index >= 15 is 0 Å². The van der Waals surface area contributed by atoms with Gasteiger partial charge in [-0.2, -0.15) is 0 Å². The van der Waals surface area contributed by atoms with Gasteiger partial charge in [0.25, 0.3) is 0 Å². The third-order valence-corrected chi connectivity index (χ3v) is 9.49. The Morgan fingerprint density at radius 1 is 0.920 bits per heavy atom. The molecule has 0 unspecified atom stereocenters. The summed E-state index contributed by atoms with van der Waals surface area (Å²) in [6.07, 6.45) is 7.83. The minimum Gasteiger partial charge on any atom is -0.512 e. The van der Waals surface area contributed by atoms with Crippen LogP contribution in [0.4, 0.5) is 0 Å². The number of aliphatic hydroxyl groups excluding tert-OH is 1. The van der Waals surface area contributed by atoms with Gasteiger partial charge in [0.05, 0.1) is 5.76 Å². The zero-order chi connectivity index (χ0) is 35.9. The standard InChI is InChI=1S/C32H32NO.C13H24O2.Ir/c1-20(2)28-17-25(16-23-9-7-8-10-27(23)28)30-31-24(13-14-33-30)18-29(34-31)26-12-11-22(15-21(26)3)19-32(4,5)6;1-5-10(6-2)12(14)9-13(15)11(7-3)8-4;/h7-15,17-18,20H,19H2,1-6H3;9-11,14H,5-8H2,1-4H3;/q-1;;/b;12-9-;. The fraction of sp³-hybridized carbons (Fsp3) is 0.422. The minimum absolute atomic E-state index is 0. The molecule has 0 fully saturated rings. The Labute approximate surface area is 314 Å². The second kappa shape index (κ2) is 18.1. The maximum absolute atomic E-state index is 11.7. The molecule has 50 heavy (non-hydrogen) atoms. The van der Waals surface area contributed by atoms with E-state index in [-0.39, 0.29) is 48.9 Å². The van der Waals surface area contributed by atoms with Crippen molar-refractivity contribution in [3.05, 3.63) is 101 Å². The molecule has 0 saturated carbocycles. The molecule has 269 valence electrons. The number of ketones is 1. The molecule has 0 aliphatic rings. The van der Waals surface area contributed by atoms with E-state index in [1.54, 1.807) is 0 Å². The SMILES string of the molecule is CCC(CC)C(=O)/C=C(\O)C(CC)CC.Cc1cc(CC(C)(C)C)ccc1-c1cc2ccnc(-c3[c-]c4ccccc4c(C(C)C)c3)c2o1.[Ir]. The van der Waals surface area contributed by atoms with E-state index in [1.165, 1.54) is 28.2 Å². The summed E-state index contributed by atoms with van der Waals surface area (Å²) in [5.74, 6) is 1.83. The summed E-state index contributed by atoms with van der Waals surface area (Å²) in [6, 6.07) is 25.2. The second-order valence-electron chi connectivity index (χ2n) is 14.9. The Morgan fingerprint density at radius 2 is 1.58 bits per heavy atom. The quantitative estimate of drug-likeness (QED) is 0.0817. The molecule has 0 aliphatic carbocycles. The van der Waals surface area contributed by atoms with Crippen molar-refractivity contribution in [2.24, 2.45) is 17.3 Å². The molecule has 2 aromatic heterocycles. The first-order valence-corrected chi connectivity index (χ1v) is 18.2. The van der Waals surface area contributed by atoms with Crippen LogP contribution in [-0.4, -0.2) is 15.9 Å². The predicted molar refractivity (Wildman–Crippen MR) is 207 cm³/mol. The average Bonchev–Trinajstić information content (AvgIpc) is 3.49. The Kier molecular flexibility index (Phi) is 14.8. The van der Waals surface area contributed by atoms with E-state index in [4.69, 9.17) is 9.40 Å². The number of nitrogens with zero attached hydrogens (tertiary/aromatic N) is 1. The largest absolute Gasteiger partial charge is 0.512 e. The summed E-state index contributed by atoms with van der Waals surface area (Å²) < 4.78 is 6.49. The molecule has 5 rings (SSSR count). The van der Waals surface area contributed by atoms with Crippen LogP contribution in [0.25, 0.3) is 44.3 Å².